The lowest BCUT2D eigenvalue weighted by Gasteiger charge is -1.08. The zero-order chi connectivity index (χ0) is 4.00. The lowest BCUT2D eigenvalue weighted by Crippen LogP contribution is -0.530. The summed E-state index contributed by atoms with van der Waals surface area (Å²) in [5, 5.41) is 12.5. The molecule has 0 aliphatic heterocycles. The Morgan fingerprint density at radius 3 is 0.667 bits per heavy atom. The molecule has 0 amide bonds. The molecule has 0 radical (unpaired) electrons. The van der Waals surface area contributed by atoms with E-state index in [4.69, 9.17) is 23.7 Å². The van der Waals surface area contributed by atoms with Crippen molar-refractivity contribution in [1.29, 1.82) is 10.5 Å². The Morgan fingerprint density at radius 2 is 0.667 bits per heavy atom. The quantitative estimate of drug-likeness (QED) is 0.408. The fourth-order valence-corrected chi connectivity index (χ4v) is 0. The minimum atomic E-state index is 0. The van der Waals surface area contributed by atoms with E-state index in [9.17, 15) is 0 Å². The van der Waals surface area contributed by atoms with E-state index in [2.05, 4.69) is 0 Å². The van der Waals surface area contributed by atoms with Gasteiger partial charge in [-0.1, -0.05) is 0 Å². The molecule has 6 heavy (non-hydrogen) atoms. The van der Waals surface area contributed by atoms with Crippen LogP contribution in [0, 0.1) is 23.7 Å². The van der Waals surface area contributed by atoms with E-state index in [0.717, 1.165) is 0 Å². The molecule has 0 atom stereocenters. The molecule has 0 aromatic heterocycles. The lowest BCUT2D eigenvalue weighted by molar-refractivity contribution is 1.11. The molecule has 0 unspecified atom stereocenters. The summed E-state index contributed by atoms with van der Waals surface area (Å²) in [5.74, 6) is 0. The smallest absolute Gasteiger partial charge is 0.269 e. The minimum Gasteiger partial charge on any atom is -0.512 e. The van der Waals surface area contributed by atoms with E-state index in [0.29, 0.717) is 0 Å². The molecule has 0 fully saturated rings. The highest BCUT2D eigenvalue weighted by Crippen LogP contribution is 0.629. The van der Waals surface area contributed by atoms with Crippen molar-refractivity contribution in [3.05, 3.63) is 13.1 Å². The molecular weight excluding hydrogens is 90.0 g/mol. The highest BCUT2D eigenvalue weighted by molar-refractivity contribution is 3.44. The van der Waals surface area contributed by atoms with Gasteiger partial charge < -0.3 is 23.7 Å². The van der Waals surface area contributed by atoms with Crippen molar-refractivity contribution in [3.63, 3.8) is 0 Å². The van der Waals surface area contributed by atoms with Crippen LogP contribution in [-0.2, 0) is 0 Å². The molecular formula is C2H2F2N2-2. The molecule has 2 nitrogen and oxygen atoms in total. The first kappa shape index (κ1) is 101. The molecule has 0 saturated carbocycles. The van der Waals surface area contributed by atoms with Crippen LogP contribution in [0.4, 0.5) is 9.41 Å². The second kappa shape index (κ2) is 23.0. The molecule has 0 N–H and O–H groups in total. The maximum atomic E-state index is 6.25. The van der Waals surface area contributed by atoms with E-state index in [1.807, 2.05) is 0 Å². The minimum absolute atomic E-state index is 0. The van der Waals surface area contributed by atoms with Crippen LogP contribution < -0.4 is 0 Å². The van der Waals surface area contributed by atoms with Gasteiger partial charge >= 0.3 is 0 Å². The van der Waals surface area contributed by atoms with Gasteiger partial charge in [-0.3, -0.25) is 9.41 Å². The van der Waals surface area contributed by atoms with E-state index in [1.165, 1.54) is 0 Å². The molecule has 0 aliphatic rings. The summed E-state index contributed by atoms with van der Waals surface area (Å²) in [4.78, 5) is 0. The summed E-state index contributed by atoms with van der Waals surface area (Å²) < 4.78 is 0. The van der Waals surface area contributed by atoms with E-state index < -0.39 is 0 Å². The fourth-order valence-electron chi connectivity index (χ4n) is 0. The van der Waals surface area contributed by atoms with Gasteiger partial charge in [-0.05, 0) is 0 Å². The maximum Gasteiger partial charge on any atom is -0.269 e. The predicted octanol–water partition coefficient (Wildman–Crippen LogP) is 0.498. The van der Waals surface area contributed by atoms with Gasteiger partial charge in [0.2, 0.25) is 0 Å². The van der Waals surface area contributed by atoms with E-state index >= 15 is 0 Å². The average Bonchev–Trinajstić information content (AvgIpc) is 1.50. The number of nitrogens with zero attached hydrogens (tertiary/aromatic N) is 2. The number of hydrogen-bond donors (Lipinski definition) is 0. The van der Waals surface area contributed by atoms with Crippen molar-refractivity contribution in [3.8, 4) is 0 Å². The topological polar surface area (TPSA) is 47.6 Å². The largest absolute Gasteiger partial charge is 0.512 e. The monoisotopic (exact) mass is 92.0 g/mol. The molecule has 36 valence electrons. The van der Waals surface area contributed by atoms with Gasteiger partial charge in [0.05, 0.1) is 0 Å². The van der Waals surface area contributed by atoms with Gasteiger partial charge in [0, 0.05) is 0 Å². The molecule has 0 spiro atoms. The van der Waals surface area contributed by atoms with Crippen LogP contribution in [0.2, 0.25) is 0 Å². The second-order valence-corrected chi connectivity index (χ2v) is 0. The van der Waals surface area contributed by atoms with Gasteiger partial charge in [-0.15, -0.1) is 0 Å². The Bertz CT molecular complexity index is 25.0. The number of rotatable bonds is 0. The van der Waals surface area contributed by atoms with E-state index in [-0.39, 0.29) is 9.41 Å². The van der Waals surface area contributed by atoms with Crippen molar-refractivity contribution < 1.29 is 9.41 Å². The molecule has 0 rings (SSSR count). The van der Waals surface area contributed by atoms with Crippen LogP contribution in [0.5, 0.6) is 0 Å². The van der Waals surface area contributed by atoms with Crippen molar-refractivity contribution in [2.45, 2.75) is 0 Å². The zero-order valence-corrected chi connectivity index (χ0v) is 2.71. The van der Waals surface area contributed by atoms with Crippen LogP contribution in [0.3, 0.4) is 0 Å². The Labute approximate surface area is 34.4 Å². The number of halogens is 2. The van der Waals surface area contributed by atoms with Gasteiger partial charge in [-0.25, -0.2) is 0 Å². The van der Waals surface area contributed by atoms with E-state index in [1.54, 1.807) is 0 Å². The first-order valence-electron chi connectivity index (χ1n) is 0.447. The van der Waals surface area contributed by atoms with Crippen molar-refractivity contribution >= 4 is 0 Å². The fraction of sp³-hybridized carbons (Fsp3) is 0. The van der Waals surface area contributed by atoms with Gasteiger partial charge in [-0.2, -0.15) is 0 Å². The predicted molar refractivity (Wildman–Crippen MR) is 14.9 cm³/mol. The Kier molecular flexibility index (Phi) is 388. The molecule has 0 heterocycles. The van der Waals surface area contributed by atoms with Crippen molar-refractivity contribution in [2.75, 3.05) is 0 Å². The second-order valence-electron chi connectivity index (χ2n) is 0. The molecule has 0 aromatic rings. The number of hydrogen-bond acceptors (Lipinski definition) is 2. The zero-order valence-electron chi connectivity index (χ0n) is 2.71. The molecule has 0 saturated heterocycles. The standard InChI is InChI=1S/2CN.2FH/c2*1-2;;/h;;2*1H/q2*-1;;. The molecule has 4 heteroatoms. The summed E-state index contributed by atoms with van der Waals surface area (Å²) in [6.07, 6.45) is 0. The third kappa shape index (κ3) is 7.15. The van der Waals surface area contributed by atoms with Crippen molar-refractivity contribution in [2.24, 2.45) is 0 Å². The third-order valence-corrected chi connectivity index (χ3v) is 0. The van der Waals surface area contributed by atoms with Crippen LogP contribution >= 0.6 is 0 Å². The van der Waals surface area contributed by atoms with Gasteiger partial charge in [0.1, 0.15) is 0 Å². The Hall–Kier alpha value is -1.16. The highest BCUT2D eigenvalue weighted by atomic mass is 19.0. The van der Waals surface area contributed by atoms with Crippen LogP contribution in [0.15, 0.2) is 0 Å². The lowest BCUT2D eigenvalue weighted by atomic mass is 11.9. The summed E-state index contributed by atoms with van der Waals surface area (Å²) in [7, 11) is 0. The first-order valence-corrected chi connectivity index (χ1v) is 0.447. The van der Waals surface area contributed by atoms with Crippen LogP contribution in [-0.4, -0.2) is 0 Å². The highest BCUT2D eigenvalue weighted by Gasteiger charge is 0.0795. The molecule has 0 aromatic carbocycles. The Morgan fingerprint density at radius 1 is 0.667 bits per heavy atom. The summed E-state index contributed by atoms with van der Waals surface area (Å²) >= 11 is 0. The molecule has 0 aliphatic carbocycles. The summed E-state index contributed by atoms with van der Waals surface area (Å²) in [6, 6.07) is 0. The van der Waals surface area contributed by atoms with Gasteiger partial charge in [0.15, 0.2) is 0 Å². The molecule has 0 bridgehead atoms. The average molecular weight is 92.0 g/mol. The first-order chi connectivity index (χ1) is 2.00. The van der Waals surface area contributed by atoms with Crippen molar-refractivity contribution in [1.82, 2.24) is 0 Å². The van der Waals surface area contributed by atoms with Crippen LogP contribution in [0.25, 0.3) is 0 Å². The third-order valence-electron chi connectivity index (χ3n) is 0. The normalized spacial score (nSPS) is 0.667. The summed E-state index contributed by atoms with van der Waals surface area (Å²) in [6.45, 7) is 9.50. The Balaban J connectivity index is -0.00000000500. The summed E-state index contributed by atoms with van der Waals surface area (Å²) in [5.41, 5.74) is 0. The maximum absolute atomic E-state index is 6.25. The van der Waals surface area contributed by atoms with Gasteiger partial charge in [0.25, 0.3) is 0 Å². The van der Waals surface area contributed by atoms with Crippen LogP contribution in [0.1, 0.15) is 0 Å². The SMILES string of the molecule is F.F.[C-]#N.[C-]#N.